The van der Waals surface area contributed by atoms with Crippen molar-refractivity contribution < 1.29 is 14.3 Å². The standard InChI is InChI=1S/C30H30IO3P/c1-2-34-30(33)29(28(32)23-15-4-3-5-16-24-31)35(25-17-9-6-10-18-25,26-19-11-7-12-20-26)27-21-13-8-14-22-27/h6-24H,2-5H2,1H3/b23-15+,24-16-. The summed E-state index contributed by atoms with van der Waals surface area (Å²) in [7, 11) is 0. The first-order chi connectivity index (χ1) is 17.2. The lowest BCUT2D eigenvalue weighted by Gasteiger charge is -2.31. The number of ether oxygens (including phenoxy) is 1. The first-order valence-corrected chi connectivity index (χ1v) is 14.8. The summed E-state index contributed by atoms with van der Waals surface area (Å²) in [5, 5.41) is 3.02. The molecule has 0 aliphatic heterocycles. The van der Waals surface area contributed by atoms with Gasteiger partial charge in [0.15, 0.2) is 5.78 Å². The average Bonchev–Trinajstić information content (AvgIpc) is 2.90. The molecule has 3 aromatic carbocycles. The highest BCUT2D eigenvalue weighted by atomic mass is 127. The lowest BCUT2D eigenvalue weighted by atomic mass is 10.2. The Morgan fingerprint density at radius 1 is 0.771 bits per heavy atom. The van der Waals surface area contributed by atoms with E-state index in [1.165, 1.54) is 0 Å². The molecule has 0 saturated carbocycles. The van der Waals surface area contributed by atoms with E-state index in [1.807, 2.05) is 101 Å². The van der Waals surface area contributed by atoms with E-state index >= 15 is 0 Å². The Labute approximate surface area is 222 Å². The van der Waals surface area contributed by atoms with Gasteiger partial charge in [0.25, 0.3) is 0 Å². The van der Waals surface area contributed by atoms with Crippen molar-refractivity contribution in [3.05, 3.63) is 113 Å². The van der Waals surface area contributed by atoms with Gasteiger partial charge in [-0.25, -0.2) is 4.79 Å². The number of carbonyl (C=O) groups excluding carboxylic acids is 2. The number of ketones is 1. The molecule has 0 N–H and O–H groups in total. The topological polar surface area (TPSA) is 43.4 Å². The molecule has 3 rings (SSSR count). The summed E-state index contributed by atoms with van der Waals surface area (Å²) < 4.78 is 7.54. The van der Waals surface area contributed by atoms with Crippen molar-refractivity contribution in [2.75, 3.05) is 6.61 Å². The van der Waals surface area contributed by atoms with Crippen molar-refractivity contribution in [1.82, 2.24) is 0 Å². The molecule has 3 aromatic rings. The Morgan fingerprint density at radius 3 is 1.66 bits per heavy atom. The van der Waals surface area contributed by atoms with E-state index in [1.54, 1.807) is 13.0 Å². The number of allylic oxidation sites excluding steroid dienone is 3. The minimum Gasteiger partial charge on any atom is -0.462 e. The molecule has 35 heavy (non-hydrogen) atoms. The van der Waals surface area contributed by atoms with Crippen LogP contribution in [0.1, 0.15) is 26.2 Å². The second kappa shape index (κ2) is 14.0. The summed E-state index contributed by atoms with van der Waals surface area (Å²) in [6.07, 6.45) is 8.18. The molecule has 0 saturated heterocycles. The van der Waals surface area contributed by atoms with E-state index in [4.69, 9.17) is 4.74 Å². The number of esters is 1. The largest absolute Gasteiger partial charge is 0.462 e. The molecule has 180 valence electrons. The maximum atomic E-state index is 13.9. The van der Waals surface area contributed by atoms with E-state index in [2.05, 4.69) is 28.7 Å². The van der Waals surface area contributed by atoms with Gasteiger partial charge < -0.3 is 4.74 Å². The highest BCUT2D eigenvalue weighted by molar-refractivity contribution is 14.1. The highest BCUT2D eigenvalue weighted by Crippen LogP contribution is 2.46. The van der Waals surface area contributed by atoms with E-state index in [-0.39, 0.29) is 17.7 Å². The van der Waals surface area contributed by atoms with Crippen LogP contribution in [0.15, 0.2) is 113 Å². The average molecular weight is 596 g/mol. The van der Waals surface area contributed by atoms with E-state index in [0.29, 0.717) is 0 Å². The van der Waals surface area contributed by atoms with Crippen molar-refractivity contribution in [3.63, 3.8) is 0 Å². The van der Waals surface area contributed by atoms with Gasteiger partial charge in [-0.2, -0.15) is 0 Å². The smallest absolute Gasteiger partial charge is 0.343 e. The van der Waals surface area contributed by atoms with Gasteiger partial charge in [-0.1, -0.05) is 126 Å². The normalized spacial score (nSPS) is 11.6. The highest BCUT2D eigenvalue weighted by Gasteiger charge is 2.36. The number of hydrogen-bond donors (Lipinski definition) is 0. The van der Waals surface area contributed by atoms with Gasteiger partial charge in [-0.05, 0) is 59.1 Å². The minimum atomic E-state index is -2.84. The molecular formula is C30H30IO3P. The number of hydrogen-bond acceptors (Lipinski definition) is 3. The summed E-state index contributed by atoms with van der Waals surface area (Å²) >= 11 is 2.20. The third-order valence-corrected chi connectivity index (χ3v) is 10.4. The fourth-order valence-electron chi connectivity index (χ4n) is 4.08. The van der Waals surface area contributed by atoms with Gasteiger partial charge in [0.05, 0.1) is 6.61 Å². The third-order valence-electron chi connectivity index (χ3n) is 5.57. The van der Waals surface area contributed by atoms with Gasteiger partial charge in [0.2, 0.25) is 0 Å². The lowest BCUT2D eigenvalue weighted by molar-refractivity contribution is -0.135. The monoisotopic (exact) mass is 596 g/mol. The fraction of sp³-hybridized carbons (Fsp3) is 0.167. The third kappa shape index (κ3) is 6.50. The van der Waals surface area contributed by atoms with Crippen molar-refractivity contribution in [2.24, 2.45) is 0 Å². The summed E-state index contributed by atoms with van der Waals surface area (Å²) in [5.41, 5.74) is 0. The van der Waals surface area contributed by atoms with Crippen LogP contribution < -0.4 is 15.9 Å². The maximum absolute atomic E-state index is 13.9. The number of benzene rings is 3. The van der Waals surface area contributed by atoms with Gasteiger partial charge in [0, 0.05) is 0 Å². The van der Waals surface area contributed by atoms with Gasteiger partial charge >= 0.3 is 5.97 Å². The zero-order valence-electron chi connectivity index (χ0n) is 19.8. The Balaban J connectivity index is 2.37. The van der Waals surface area contributed by atoms with E-state index in [9.17, 15) is 9.59 Å². The molecule has 3 nitrogen and oxygen atoms in total. The molecule has 0 atom stereocenters. The van der Waals surface area contributed by atoms with Crippen LogP contribution in [0.2, 0.25) is 0 Å². The van der Waals surface area contributed by atoms with Crippen molar-refractivity contribution in [2.45, 2.75) is 26.2 Å². The number of carbonyl (C=O) groups is 2. The van der Waals surface area contributed by atoms with E-state index < -0.39 is 12.9 Å². The SMILES string of the molecule is CCOC(=O)C(C(=O)/C=C/CCC/C=C\I)=P(c1ccccc1)(c1ccccc1)c1ccccc1. The summed E-state index contributed by atoms with van der Waals surface area (Å²) in [5.74, 6) is -0.849. The predicted octanol–water partition coefficient (Wildman–Crippen LogP) is 5.96. The number of rotatable bonds is 11. The second-order valence-corrected chi connectivity index (χ2v) is 11.9. The molecule has 0 spiro atoms. The Hall–Kier alpha value is -2.69. The molecule has 0 bridgehead atoms. The predicted molar refractivity (Wildman–Crippen MR) is 158 cm³/mol. The van der Waals surface area contributed by atoms with Crippen LogP contribution in [-0.4, -0.2) is 23.7 Å². The molecule has 0 heterocycles. The molecule has 0 radical (unpaired) electrons. The Bertz CT molecular complexity index is 1110. The lowest BCUT2D eigenvalue weighted by Crippen LogP contribution is -2.37. The van der Waals surface area contributed by atoms with Crippen molar-refractivity contribution in [1.29, 1.82) is 0 Å². The quantitative estimate of drug-likeness (QED) is 0.0686. The zero-order chi connectivity index (χ0) is 24.9. The molecule has 0 unspecified atom stereocenters. The van der Waals surface area contributed by atoms with Crippen LogP contribution in [0.25, 0.3) is 0 Å². The Kier molecular flexibility index (Phi) is 10.8. The summed E-state index contributed by atoms with van der Waals surface area (Å²) in [6, 6.07) is 29.7. The second-order valence-electron chi connectivity index (χ2n) is 7.81. The van der Waals surface area contributed by atoms with Crippen LogP contribution in [-0.2, 0) is 14.3 Å². The Morgan fingerprint density at radius 2 is 1.23 bits per heavy atom. The molecule has 0 amide bonds. The maximum Gasteiger partial charge on any atom is 0.343 e. The fourth-order valence-corrected chi connectivity index (χ4v) is 8.71. The van der Waals surface area contributed by atoms with E-state index in [0.717, 1.165) is 35.2 Å². The van der Waals surface area contributed by atoms with Crippen molar-refractivity contribution in [3.8, 4) is 0 Å². The van der Waals surface area contributed by atoms with Crippen LogP contribution in [0.4, 0.5) is 0 Å². The van der Waals surface area contributed by atoms with Gasteiger partial charge in [-0.3, -0.25) is 4.79 Å². The first kappa shape index (κ1) is 26.9. The summed E-state index contributed by atoms with van der Waals surface area (Å²) in [6.45, 7) is -0.880. The molecule has 0 fully saturated rings. The van der Waals surface area contributed by atoms with Crippen molar-refractivity contribution >= 4 is 62.4 Å². The summed E-state index contributed by atoms with van der Waals surface area (Å²) in [4.78, 5) is 27.5. The molecule has 0 aliphatic rings. The van der Waals surface area contributed by atoms with Crippen LogP contribution in [0.5, 0.6) is 0 Å². The molecule has 5 heteroatoms. The number of halogens is 1. The number of unbranched alkanes of at least 4 members (excludes halogenated alkanes) is 2. The van der Waals surface area contributed by atoms with Gasteiger partial charge in [-0.15, -0.1) is 0 Å². The zero-order valence-corrected chi connectivity index (χ0v) is 22.9. The molecule has 0 aromatic heterocycles. The molecule has 0 aliphatic carbocycles. The molecular weight excluding hydrogens is 566 g/mol. The van der Waals surface area contributed by atoms with Crippen LogP contribution in [0, 0.1) is 0 Å². The van der Waals surface area contributed by atoms with Gasteiger partial charge in [0.1, 0.15) is 5.29 Å². The minimum absolute atomic E-state index is 0.195. The first-order valence-electron chi connectivity index (χ1n) is 11.7. The van der Waals surface area contributed by atoms with Crippen LogP contribution >= 0.6 is 29.5 Å². The van der Waals surface area contributed by atoms with Crippen LogP contribution in [0.3, 0.4) is 0 Å².